The molecule has 1 heterocycles. The van der Waals surface area contributed by atoms with Gasteiger partial charge < -0.3 is 5.32 Å². The summed E-state index contributed by atoms with van der Waals surface area (Å²) in [5, 5.41) is 3.00. The van der Waals surface area contributed by atoms with E-state index in [1.807, 2.05) is 19.1 Å². The van der Waals surface area contributed by atoms with Crippen LogP contribution in [0.2, 0.25) is 5.02 Å². The topological polar surface area (TPSA) is 66.5 Å². The van der Waals surface area contributed by atoms with Crippen LogP contribution < -0.4 is 5.32 Å². The van der Waals surface area contributed by atoms with Crippen LogP contribution in [0.1, 0.15) is 21.5 Å². The first-order valence-electron chi connectivity index (χ1n) is 8.30. The normalized spacial score (nSPS) is 15.5. The molecule has 7 heteroatoms. The monoisotopic (exact) mass is 400 g/mol. The zero-order valence-corrected chi connectivity index (χ0v) is 16.1. The van der Waals surface area contributed by atoms with Crippen LogP contribution in [0.5, 0.6) is 0 Å². The maximum atomic E-state index is 12.5. The van der Waals surface area contributed by atoms with Crippen LogP contribution in [-0.2, 0) is 4.79 Å². The van der Waals surface area contributed by atoms with Crippen molar-refractivity contribution in [1.82, 2.24) is 10.2 Å². The van der Waals surface area contributed by atoms with Gasteiger partial charge in [0.2, 0.25) is 0 Å². The van der Waals surface area contributed by atoms with Crippen LogP contribution in [0, 0.1) is 6.92 Å². The van der Waals surface area contributed by atoms with E-state index in [2.05, 4.69) is 5.32 Å². The minimum Gasteiger partial charge on any atom is -0.350 e. The summed E-state index contributed by atoms with van der Waals surface area (Å²) in [6, 6.07) is 14.2. The predicted octanol–water partition coefficient (Wildman–Crippen LogP) is 4.11. The first kappa shape index (κ1) is 19.2. The molecule has 1 saturated heterocycles. The lowest BCUT2D eigenvalue weighted by Gasteiger charge is -2.13. The molecule has 1 fully saturated rings. The molecule has 3 rings (SSSR count). The number of benzene rings is 2. The highest BCUT2D eigenvalue weighted by atomic mass is 35.5. The van der Waals surface area contributed by atoms with Crippen molar-refractivity contribution in [3.8, 4) is 0 Å². The summed E-state index contributed by atoms with van der Waals surface area (Å²) < 4.78 is 0. The van der Waals surface area contributed by atoms with Gasteiger partial charge in [-0.1, -0.05) is 41.4 Å². The number of aryl methyl sites for hydroxylation is 1. The fourth-order valence-electron chi connectivity index (χ4n) is 2.57. The van der Waals surface area contributed by atoms with Crippen molar-refractivity contribution < 1.29 is 14.4 Å². The van der Waals surface area contributed by atoms with E-state index >= 15 is 0 Å². The van der Waals surface area contributed by atoms with E-state index in [9.17, 15) is 14.4 Å². The molecule has 1 N–H and O–H groups in total. The van der Waals surface area contributed by atoms with Crippen LogP contribution >= 0.6 is 23.4 Å². The van der Waals surface area contributed by atoms with Crippen molar-refractivity contribution in [1.29, 1.82) is 0 Å². The number of nitrogens with one attached hydrogen (secondary N) is 1. The number of hydrogen-bond acceptors (Lipinski definition) is 4. The van der Waals surface area contributed by atoms with Crippen molar-refractivity contribution in [2.75, 3.05) is 13.1 Å². The van der Waals surface area contributed by atoms with E-state index in [1.165, 1.54) is 0 Å². The summed E-state index contributed by atoms with van der Waals surface area (Å²) in [4.78, 5) is 38.2. The molecule has 0 spiro atoms. The lowest BCUT2D eigenvalue weighted by Crippen LogP contribution is -2.37. The van der Waals surface area contributed by atoms with Crippen LogP contribution in [0.4, 0.5) is 4.79 Å². The maximum Gasteiger partial charge on any atom is 0.293 e. The van der Waals surface area contributed by atoms with Gasteiger partial charge in [0, 0.05) is 23.7 Å². The average Bonchev–Trinajstić information content (AvgIpc) is 2.91. The van der Waals surface area contributed by atoms with Crippen LogP contribution in [0.25, 0.3) is 6.08 Å². The first-order chi connectivity index (χ1) is 12.9. The summed E-state index contributed by atoms with van der Waals surface area (Å²) in [6.07, 6.45) is 1.66. The molecular weight excluding hydrogens is 384 g/mol. The molecule has 0 bridgehead atoms. The van der Waals surface area contributed by atoms with Gasteiger partial charge in [-0.15, -0.1) is 0 Å². The van der Waals surface area contributed by atoms with E-state index in [1.54, 1.807) is 42.5 Å². The molecule has 0 saturated carbocycles. The zero-order valence-electron chi connectivity index (χ0n) is 14.6. The summed E-state index contributed by atoms with van der Waals surface area (Å²) in [5.74, 6) is -0.591. The van der Waals surface area contributed by atoms with Gasteiger partial charge in [0.1, 0.15) is 0 Å². The fourth-order valence-corrected chi connectivity index (χ4v) is 3.56. The van der Waals surface area contributed by atoms with Gasteiger partial charge in [-0.3, -0.25) is 19.3 Å². The van der Waals surface area contributed by atoms with Gasteiger partial charge in [0.05, 0.1) is 4.91 Å². The van der Waals surface area contributed by atoms with Crippen LogP contribution in [0.15, 0.2) is 53.4 Å². The van der Waals surface area contributed by atoms with E-state index in [0.717, 1.165) is 27.8 Å². The summed E-state index contributed by atoms with van der Waals surface area (Å²) in [7, 11) is 0. The molecule has 0 atom stereocenters. The van der Waals surface area contributed by atoms with Gasteiger partial charge in [-0.05, 0) is 54.6 Å². The minimum absolute atomic E-state index is 0.125. The molecule has 1 aliphatic heterocycles. The van der Waals surface area contributed by atoms with Crippen LogP contribution in [-0.4, -0.2) is 35.0 Å². The number of carbonyl (C=O) groups is 3. The summed E-state index contributed by atoms with van der Waals surface area (Å²) in [5.41, 5.74) is 2.32. The summed E-state index contributed by atoms with van der Waals surface area (Å²) in [6.45, 7) is 2.23. The molecule has 0 unspecified atom stereocenters. The number of nitrogens with zero attached hydrogens (tertiary/aromatic N) is 1. The number of carbonyl (C=O) groups excluding carboxylic acids is 3. The molecule has 2 aromatic rings. The number of hydrogen-bond donors (Lipinski definition) is 1. The molecule has 2 aromatic carbocycles. The third-order valence-corrected chi connectivity index (χ3v) is 5.10. The largest absolute Gasteiger partial charge is 0.350 e. The van der Waals surface area contributed by atoms with Crippen molar-refractivity contribution >= 4 is 46.5 Å². The Morgan fingerprint density at radius 3 is 2.63 bits per heavy atom. The molecule has 0 aliphatic carbocycles. The van der Waals surface area contributed by atoms with Gasteiger partial charge in [-0.25, -0.2) is 0 Å². The Morgan fingerprint density at radius 2 is 1.93 bits per heavy atom. The van der Waals surface area contributed by atoms with E-state index in [4.69, 9.17) is 11.6 Å². The third kappa shape index (κ3) is 4.78. The highest BCUT2D eigenvalue weighted by Crippen LogP contribution is 2.32. The number of rotatable bonds is 5. The van der Waals surface area contributed by atoms with Gasteiger partial charge in [-0.2, -0.15) is 0 Å². The zero-order chi connectivity index (χ0) is 19.4. The van der Waals surface area contributed by atoms with Crippen molar-refractivity contribution in [3.63, 3.8) is 0 Å². The standard InChI is InChI=1S/C20H17ClN2O3S/c1-13-3-2-4-15(11-13)18(24)22-9-10-23-19(25)17(27-20(23)26)12-14-5-7-16(21)8-6-14/h2-8,11-12H,9-10H2,1H3,(H,22,24). The van der Waals surface area contributed by atoms with Crippen molar-refractivity contribution in [3.05, 3.63) is 75.1 Å². The second-order valence-electron chi connectivity index (χ2n) is 6.01. The Bertz CT molecular complexity index is 925. The average molecular weight is 401 g/mol. The van der Waals surface area contributed by atoms with E-state index < -0.39 is 0 Å². The molecule has 3 amide bonds. The predicted molar refractivity (Wildman–Crippen MR) is 108 cm³/mol. The Kier molecular flexibility index (Phi) is 5.98. The molecule has 27 heavy (non-hydrogen) atoms. The highest BCUT2D eigenvalue weighted by molar-refractivity contribution is 8.18. The quantitative estimate of drug-likeness (QED) is 0.767. The smallest absolute Gasteiger partial charge is 0.293 e. The van der Waals surface area contributed by atoms with E-state index in [0.29, 0.717) is 15.5 Å². The summed E-state index contributed by atoms with van der Waals surface area (Å²) >= 11 is 6.74. The molecule has 0 aromatic heterocycles. The second-order valence-corrected chi connectivity index (χ2v) is 7.44. The molecule has 138 valence electrons. The van der Waals surface area contributed by atoms with Crippen molar-refractivity contribution in [2.24, 2.45) is 0 Å². The highest BCUT2D eigenvalue weighted by Gasteiger charge is 2.34. The molecule has 0 radical (unpaired) electrons. The van der Waals surface area contributed by atoms with Gasteiger partial charge in [0.25, 0.3) is 17.1 Å². The Morgan fingerprint density at radius 1 is 1.19 bits per heavy atom. The SMILES string of the molecule is Cc1cccc(C(=O)NCCN2C(=O)SC(=Cc3ccc(Cl)cc3)C2=O)c1. The molecule has 5 nitrogen and oxygen atoms in total. The first-order valence-corrected chi connectivity index (χ1v) is 9.49. The van der Waals surface area contributed by atoms with E-state index in [-0.39, 0.29) is 30.1 Å². The molecular formula is C20H17ClN2O3S. The Balaban J connectivity index is 1.59. The third-order valence-electron chi connectivity index (χ3n) is 3.94. The van der Waals surface area contributed by atoms with Gasteiger partial charge >= 0.3 is 0 Å². The Labute approximate surface area is 166 Å². The van der Waals surface area contributed by atoms with Crippen LogP contribution in [0.3, 0.4) is 0 Å². The second kappa shape index (κ2) is 8.41. The Hall–Kier alpha value is -2.57. The van der Waals surface area contributed by atoms with Crippen molar-refractivity contribution in [2.45, 2.75) is 6.92 Å². The lowest BCUT2D eigenvalue weighted by molar-refractivity contribution is -0.122. The molecule has 1 aliphatic rings. The van der Waals surface area contributed by atoms with Gasteiger partial charge in [0.15, 0.2) is 0 Å². The number of amides is 3. The number of thioether (sulfide) groups is 1. The lowest BCUT2D eigenvalue weighted by atomic mass is 10.1. The fraction of sp³-hybridized carbons (Fsp3) is 0.150. The number of imide groups is 1. The number of halogens is 1. The minimum atomic E-state index is -0.357. The maximum absolute atomic E-state index is 12.5.